The van der Waals surface area contributed by atoms with Crippen LogP contribution in [-0.4, -0.2) is 22.7 Å². The Balaban J connectivity index is 1.95. The third-order valence-electron chi connectivity index (χ3n) is 2.70. The van der Waals surface area contributed by atoms with Gasteiger partial charge in [-0.1, -0.05) is 6.92 Å². The molecule has 0 bridgehead atoms. The van der Waals surface area contributed by atoms with Gasteiger partial charge in [-0.15, -0.1) is 0 Å². The topological polar surface area (TPSA) is 59.4 Å². The van der Waals surface area contributed by atoms with Gasteiger partial charge in [-0.05, 0) is 24.3 Å². The minimum absolute atomic E-state index is 0.212. The van der Waals surface area contributed by atoms with E-state index in [1.807, 2.05) is 0 Å². The highest BCUT2D eigenvalue weighted by atomic mass is 16.5. The summed E-state index contributed by atoms with van der Waals surface area (Å²) in [5, 5.41) is 8.76. The molecule has 1 saturated carbocycles. The molecule has 15 heavy (non-hydrogen) atoms. The van der Waals surface area contributed by atoms with Crippen LogP contribution < -0.4 is 4.74 Å². The maximum atomic E-state index is 10.7. The van der Waals surface area contributed by atoms with E-state index in [4.69, 9.17) is 9.84 Å². The molecule has 0 saturated heterocycles. The summed E-state index contributed by atoms with van der Waals surface area (Å²) in [4.78, 5) is 14.6. The maximum Gasteiger partial charge on any atom is 0.335 e. The normalized spacial score (nSPS) is 23.5. The average Bonchev–Trinajstić information content (AvgIpc) is 2.92. The van der Waals surface area contributed by atoms with Crippen molar-refractivity contribution in [2.24, 2.45) is 11.8 Å². The number of carboxylic acids is 1. The van der Waals surface area contributed by atoms with Crippen molar-refractivity contribution in [3.8, 4) is 5.88 Å². The van der Waals surface area contributed by atoms with Crippen molar-refractivity contribution < 1.29 is 14.6 Å². The third kappa shape index (κ3) is 2.46. The average molecular weight is 207 g/mol. The smallest absolute Gasteiger partial charge is 0.335 e. The SMILES string of the molecule is CC1CC1COc1cc(C(=O)O)ccn1. The highest BCUT2D eigenvalue weighted by Gasteiger charge is 2.33. The van der Waals surface area contributed by atoms with E-state index in [9.17, 15) is 4.79 Å². The van der Waals surface area contributed by atoms with Crippen LogP contribution in [0.25, 0.3) is 0 Å². The number of ether oxygens (including phenoxy) is 1. The van der Waals surface area contributed by atoms with Crippen molar-refractivity contribution in [3.05, 3.63) is 23.9 Å². The largest absolute Gasteiger partial charge is 0.478 e. The molecular formula is C11H13NO3. The van der Waals surface area contributed by atoms with E-state index in [0.29, 0.717) is 18.4 Å². The van der Waals surface area contributed by atoms with Crippen LogP contribution in [0.2, 0.25) is 0 Å². The van der Waals surface area contributed by atoms with Crippen LogP contribution in [0.1, 0.15) is 23.7 Å². The minimum atomic E-state index is -0.956. The van der Waals surface area contributed by atoms with Gasteiger partial charge < -0.3 is 9.84 Å². The molecule has 2 unspecified atom stereocenters. The number of carboxylic acid groups (broad SMARTS) is 1. The van der Waals surface area contributed by atoms with E-state index >= 15 is 0 Å². The molecule has 0 aromatic carbocycles. The Morgan fingerprint density at radius 1 is 1.73 bits per heavy atom. The molecule has 4 nitrogen and oxygen atoms in total. The van der Waals surface area contributed by atoms with Gasteiger partial charge in [0, 0.05) is 12.3 Å². The first kappa shape index (κ1) is 9.96. The molecule has 0 radical (unpaired) electrons. The lowest BCUT2D eigenvalue weighted by Gasteiger charge is -2.04. The molecule has 1 fully saturated rings. The molecule has 0 spiro atoms. The molecule has 1 aromatic heterocycles. The van der Waals surface area contributed by atoms with E-state index in [1.54, 1.807) is 0 Å². The second-order valence-electron chi connectivity index (χ2n) is 3.97. The number of nitrogens with zero attached hydrogens (tertiary/aromatic N) is 1. The van der Waals surface area contributed by atoms with Gasteiger partial charge >= 0.3 is 5.97 Å². The van der Waals surface area contributed by atoms with Crippen molar-refractivity contribution in [3.63, 3.8) is 0 Å². The molecular weight excluding hydrogens is 194 g/mol. The molecule has 1 heterocycles. The van der Waals surface area contributed by atoms with Crippen molar-refractivity contribution in [2.45, 2.75) is 13.3 Å². The zero-order valence-corrected chi connectivity index (χ0v) is 8.51. The lowest BCUT2D eigenvalue weighted by atomic mass is 10.3. The van der Waals surface area contributed by atoms with Crippen LogP contribution in [0.5, 0.6) is 5.88 Å². The number of rotatable bonds is 4. The standard InChI is InChI=1S/C11H13NO3/c1-7-4-9(7)6-15-10-5-8(11(13)14)2-3-12-10/h2-3,5,7,9H,4,6H2,1H3,(H,13,14). The van der Waals surface area contributed by atoms with E-state index in [-0.39, 0.29) is 5.56 Å². The predicted octanol–water partition coefficient (Wildman–Crippen LogP) is 1.81. The Morgan fingerprint density at radius 3 is 3.07 bits per heavy atom. The van der Waals surface area contributed by atoms with Crippen LogP contribution in [0.3, 0.4) is 0 Å². The number of carbonyl (C=O) groups is 1. The summed E-state index contributed by atoms with van der Waals surface area (Å²) in [6, 6.07) is 2.91. The summed E-state index contributed by atoms with van der Waals surface area (Å²) in [6.07, 6.45) is 2.65. The minimum Gasteiger partial charge on any atom is -0.478 e. The molecule has 1 N–H and O–H groups in total. The summed E-state index contributed by atoms with van der Waals surface area (Å²) in [6.45, 7) is 2.81. The Kier molecular flexibility index (Phi) is 2.58. The van der Waals surface area contributed by atoms with Gasteiger partial charge in [0.2, 0.25) is 5.88 Å². The maximum absolute atomic E-state index is 10.7. The van der Waals surface area contributed by atoms with Gasteiger partial charge in [0.05, 0.1) is 12.2 Å². The lowest BCUT2D eigenvalue weighted by Crippen LogP contribution is -2.03. The number of aromatic nitrogens is 1. The quantitative estimate of drug-likeness (QED) is 0.818. The van der Waals surface area contributed by atoms with E-state index in [2.05, 4.69) is 11.9 Å². The fraction of sp³-hybridized carbons (Fsp3) is 0.455. The zero-order valence-electron chi connectivity index (χ0n) is 8.51. The van der Waals surface area contributed by atoms with Gasteiger partial charge in [-0.25, -0.2) is 9.78 Å². The highest BCUT2D eigenvalue weighted by Crippen LogP contribution is 2.37. The van der Waals surface area contributed by atoms with Crippen molar-refractivity contribution in [1.29, 1.82) is 0 Å². The second-order valence-corrected chi connectivity index (χ2v) is 3.97. The van der Waals surface area contributed by atoms with Gasteiger partial charge in [0.25, 0.3) is 0 Å². The summed E-state index contributed by atoms with van der Waals surface area (Å²) in [5.41, 5.74) is 0.212. The summed E-state index contributed by atoms with van der Waals surface area (Å²) < 4.78 is 5.42. The molecule has 1 aliphatic carbocycles. The van der Waals surface area contributed by atoms with Gasteiger partial charge in [-0.3, -0.25) is 0 Å². The first-order chi connectivity index (χ1) is 7.16. The van der Waals surface area contributed by atoms with Crippen LogP contribution >= 0.6 is 0 Å². The molecule has 2 rings (SSSR count). The van der Waals surface area contributed by atoms with Crippen LogP contribution in [0, 0.1) is 11.8 Å². The Morgan fingerprint density at radius 2 is 2.47 bits per heavy atom. The summed E-state index contributed by atoms with van der Waals surface area (Å²) in [7, 11) is 0. The Bertz CT molecular complexity index is 378. The number of aromatic carboxylic acids is 1. The van der Waals surface area contributed by atoms with Crippen LogP contribution in [0.15, 0.2) is 18.3 Å². The summed E-state index contributed by atoms with van der Waals surface area (Å²) >= 11 is 0. The molecule has 1 aliphatic rings. The van der Waals surface area contributed by atoms with Gasteiger partial charge in [-0.2, -0.15) is 0 Å². The van der Waals surface area contributed by atoms with Crippen molar-refractivity contribution in [1.82, 2.24) is 4.98 Å². The van der Waals surface area contributed by atoms with E-state index in [0.717, 1.165) is 5.92 Å². The van der Waals surface area contributed by atoms with Gasteiger partial charge in [0.15, 0.2) is 0 Å². The van der Waals surface area contributed by atoms with Crippen LogP contribution in [-0.2, 0) is 0 Å². The highest BCUT2D eigenvalue weighted by molar-refractivity contribution is 5.87. The van der Waals surface area contributed by atoms with E-state index in [1.165, 1.54) is 24.8 Å². The zero-order chi connectivity index (χ0) is 10.8. The number of hydrogen-bond donors (Lipinski definition) is 1. The molecule has 2 atom stereocenters. The second kappa shape index (κ2) is 3.88. The van der Waals surface area contributed by atoms with Gasteiger partial charge in [0.1, 0.15) is 0 Å². The Labute approximate surface area is 87.9 Å². The third-order valence-corrected chi connectivity index (χ3v) is 2.70. The number of pyridine rings is 1. The fourth-order valence-corrected chi connectivity index (χ4v) is 1.45. The first-order valence-corrected chi connectivity index (χ1v) is 4.99. The Hall–Kier alpha value is -1.58. The molecule has 1 aromatic rings. The number of hydrogen-bond acceptors (Lipinski definition) is 3. The molecule has 0 aliphatic heterocycles. The van der Waals surface area contributed by atoms with Crippen molar-refractivity contribution >= 4 is 5.97 Å². The molecule has 4 heteroatoms. The lowest BCUT2D eigenvalue weighted by molar-refractivity contribution is 0.0696. The molecule has 80 valence electrons. The monoisotopic (exact) mass is 207 g/mol. The fourth-order valence-electron chi connectivity index (χ4n) is 1.45. The van der Waals surface area contributed by atoms with E-state index < -0.39 is 5.97 Å². The first-order valence-electron chi connectivity index (χ1n) is 4.99. The van der Waals surface area contributed by atoms with Crippen LogP contribution in [0.4, 0.5) is 0 Å². The predicted molar refractivity (Wildman–Crippen MR) is 54.0 cm³/mol. The van der Waals surface area contributed by atoms with Crippen molar-refractivity contribution in [2.75, 3.05) is 6.61 Å². The summed E-state index contributed by atoms with van der Waals surface area (Å²) in [5.74, 6) is 0.781. The molecule has 0 amide bonds.